The van der Waals surface area contributed by atoms with Gasteiger partial charge in [-0.05, 0) is 37.0 Å². The van der Waals surface area contributed by atoms with Gasteiger partial charge in [0.25, 0.3) is 0 Å². The second kappa shape index (κ2) is 8.42. The van der Waals surface area contributed by atoms with Gasteiger partial charge in [0.05, 0.1) is 5.56 Å². The van der Waals surface area contributed by atoms with Gasteiger partial charge < -0.3 is 9.69 Å². The molecule has 1 saturated carbocycles. The molecule has 1 saturated heterocycles. The molecule has 0 radical (unpaired) electrons. The monoisotopic (exact) mass is 368 g/mol. The normalized spacial score (nSPS) is 21.6. The van der Waals surface area contributed by atoms with E-state index in [9.17, 15) is 18.0 Å². The number of rotatable bonds is 5. The molecule has 6 heteroatoms. The van der Waals surface area contributed by atoms with Crippen molar-refractivity contribution in [2.45, 2.75) is 38.3 Å². The van der Waals surface area contributed by atoms with Crippen LogP contribution in [0.2, 0.25) is 0 Å². The molecular weight excluding hydrogens is 341 g/mol. The minimum Gasteiger partial charge on any atom is -0.369 e. The molecule has 3 rings (SSSR count). The smallest absolute Gasteiger partial charge is 0.369 e. The maximum atomic E-state index is 12.9. The van der Waals surface area contributed by atoms with Crippen LogP contribution in [-0.2, 0) is 11.0 Å². The fraction of sp³-hybridized carbons (Fsp3) is 0.650. The zero-order chi connectivity index (χ0) is 18.6. The molecule has 1 aromatic carbocycles. The Hall–Kier alpha value is -1.56. The Kier molecular flexibility index (Phi) is 6.22. The Labute approximate surface area is 153 Å². The number of hydrogen-bond donors (Lipinski definition) is 0. The molecule has 1 aliphatic heterocycles. The number of aldehydes is 1. The van der Waals surface area contributed by atoms with E-state index in [1.807, 2.05) is 4.90 Å². The van der Waals surface area contributed by atoms with Gasteiger partial charge in [-0.15, -0.1) is 0 Å². The van der Waals surface area contributed by atoms with Crippen molar-refractivity contribution >= 4 is 12.0 Å². The lowest BCUT2D eigenvalue weighted by Crippen LogP contribution is -2.48. The number of nitrogens with zero attached hydrogens (tertiary/aromatic N) is 2. The fourth-order valence-corrected chi connectivity index (χ4v) is 4.23. The Morgan fingerprint density at radius 2 is 1.77 bits per heavy atom. The molecule has 144 valence electrons. The first-order chi connectivity index (χ1) is 12.5. The number of hydrogen-bond acceptors (Lipinski definition) is 3. The first kappa shape index (κ1) is 19.2. The van der Waals surface area contributed by atoms with Crippen LogP contribution < -0.4 is 4.90 Å². The van der Waals surface area contributed by atoms with Crippen LogP contribution in [0.3, 0.4) is 0 Å². The highest BCUT2D eigenvalue weighted by molar-refractivity contribution is 5.54. The maximum Gasteiger partial charge on any atom is 0.416 e. The van der Waals surface area contributed by atoms with Crippen LogP contribution in [0, 0.1) is 11.8 Å². The van der Waals surface area contributed by atoms with Crippen molar-refractivity contribution < 1.29 is 18.0 Å². The van der Waals surface area contributed by atoms with E-state index in [4.69, 9.17) is 0 Å². The van der Waals surface area contributed by atoms with E-state index in [1.165, 1.54) is 31.4 Å². The Balaban J connectivity index is 1.54. The van der Waals surface area contributed by atoms with E-state index < -0.39 is 11.7 Å². The molecule has 0 aromatic heterocycles. The number of benzene rings is 1. The third kappa shape index (κ3) is 4.78. The highest BCUT2D eigenvalue weighted by Gasteiger charge is 2.31. The van der Waals surface area contributed by atoms with Crippen LogP contribution in [0.4, 0.5) is 18.9 Å². The molecule has 26 heavy (non-hydrogen) atoms. The first-order valence-electron chi connectivity index (χ1n) is 9.57. The van der Waals surface area contributed by atoms with Crippen molar-refractivity contribution in [2.75, 3.05) is 37.6 Å². The van der Waals surface area contributed by atoms with Gasteiger partial charge in [0.1, 0.15) is 6.29 Å². The molecule has 1 aromatic rings. The van der Waals surface area contributed by atoms with E-state index in [2.05, 4.69) is 4.90 Å². The maximum absolute atomic E-state index is 12.9. The molecule has 1 heterocycles. The van der Waals surface area contributed by atoms with Gasteiger partial charge in [0.2, 0.25) is 0 Å². The third-order valence-electron chi connectivity index (χ3n) is 5.81. The van der Waals surface area contributed by atoms with Crippen LogP contribution in [0.25, 0.3) is 0 Å². The molecule has 2 fully saturated rings. The molecule has 0 N–H and O–H groups in total. The quantitative estimate of drug-likeness (QED) is 0.727. The summed E-state index contributed by atoms with van der Waals surface area (Å²) in [5, 5.41) is 0. The van der Waals surface area contributed by atoms with Gasteiger partial charge in [-0.2, -0.15) is 13.2 Å². The minimum absolute atomic E-state index is 0.0930. The van der Waals surface area contributed by atoms with E-state index in [1.54, 1.807) is 6.07 Å². The lowest BCUT2D eigenvalue weighted by Gasteiger charge is -2.38. The van der Waals surface area contributed by atoms with Crippen molar-refractivity contribution in [3.05, 3.63) is 29.8 Å². The average Bonchev–Trinajstić information content (AvgIpc) is 2.67. The van der Waals surface area contributed by atoms with Gasteiger partial charge in [0, 0.05) is 44.3 Å². The topological polar surface area (TPSA) is 23.6 Å². The van der Waals surface area contributed by atoms with Crippen molar-refractivity contribution in [1.82, 2.24) is 4.90 Å². The molecule has 1 atom stereocenters. The number of carbonyl (C=O) groups excluding carboxylic acids is 1. The molecule has 1 unspecified atom stereocenters. The fourth-order valence-electron chi connectivity index (χ4n) is 4.23. The highest BCUT2D eigenvalue weighted by Crippen LogP contribution is 2.32. The lowest BCUT2D eigenvalue weighted by molar-refractivity contribution is -0.137. The van der Waals surface area contributed by atoms with E-state index in [0.29, 0.717) is 24.7 Å². The molecule has 0 bridgehead atoms. The van der Waals surface area contributed by atoms with Gasteiger partial charge in [-0.25, -0.2) is 0 Å². The summed E-state index contributed by atoms with van der Waals surface area (Å²) in [6, 6.07) is 5.54. The van der Waals surface area contributed by atoms with Gasteiger partial charge in [0.15, 0.2) is 0 Å². The Morgan fingerprint density at radius 1 is 1.08 bits per heavy atom. The largest absolute Gasteiger partial charge is 0.416 e. The molecule has 0 amide bonds. The summed E-state index contributed by atoms with van der Waals surface area (Å²) < 4.78 is 38.7. The standard InChI is InChI=1S/C20H27F3N2O/c21-20(22,23)18-7-4-8-19(13-18)25-11-9-24(10-12-25)14-17(15-26)16-5-2-1-3-6-16/h4,7-8,13,15-17H,1-3,5-6,9-12,14H2. The van der Waals surface area contributed by atoms with Crippen molar-refractivity contribution in [1.29, 1.82) is 0 Å². The second-order valence-electron chi connectivity index (χ2n) is 7.53. The predicted molar refractivity (Wildman–Crippen MR) is 96.2 cm³/mol. The van der Waals surface area contributed by atoms with Gasteiger partial charge in [-0.3, -0.25) is 4.90 Å². The summed E-state index contributed by atoms with van der Waals surface area (Å²) in [7, 11) is 0. The van der Waals surface area contributed by atoms with Gasteiger partial charge in [-0.1, -0.05) is 25.3 Å². The number of piperazine rings is 1. The van der Waals surface area contributed by atoms with Crippen LogP contribution >= 0.6 is 0 Å². The molecule has 3 nitrogen and oxygen atoms in total. The molecule has 0 spiro atoms. The molecule has 1 aliphatic carbocycles. The zero-order valence-corrected chi connectivity index (χ0v) is 15.0. The number of anilines is 1. The van der Waals surface area contributed by atoms with Crippen molar-refractivity contribution in [3.8, 4) is 0 Å². The summed E-state index contributed by atoms with van der Waals surface area (Å²) >= 11 is 0. The summed E-state index contributed by atoms with van der Waals surface area (Å²) in [6.45, 7) is 3.74. The minimum atomic E-state index is -4.31. The molecule has 2 aliphatic rings. The number of halogens is 3. The Bertz CT molecular complexity index is 591. The summed E-state index contributed by atoms with van der Waals surface area (Å²) in [6.07, 6.45) is 2.82. The first-order valence-corrected chi connectivity index (χ1v) is 9.57. The Morgan fingerprint density at radius 3 is 2.38 bits per heavy atom. The third-order valence-corrected chi connectivity index (χ3v) is 5.81. The predicted octanol–water partition coefficient (Wildman–Crippen LogP) is 4.22. The average molecular weight is 368 g/mol. The van der Waals surface area contributed by atoms with E-state index in [0.717, 1.165) is 44.8 Å². The van der Waals surface area contributed by atoms with Crippen LogP contribution in [0.5, 0.6) is 0 Å². The van der Waals surface area contributed by atoms with E-state index in [-0.39, 0.29) is 5.92 Å². The molecular formula is C20H27F3N2O. The highest BCUT2D eigenvalue weighted by atomic mass is 19.4. The summed E-state index contributed by atoms with van der Waals surface area (Å²) in [5.41, 5.74) is 0.0226. The lowest BCUT2D eigenvalue weighted by atomic mass is 9.80. The SMILES string of the molecule is O=CC(CN1CCN(c2cccc(C(F)(F)F)c2)CC1)C1CCCCC1. The van der Waals surface area contributed by atoms with Crippen LogP contribution in [-0.4, -0.2) is 43.9 Å². The van der Waals surface area contributed by atoms with Crippen molar-refractivity contribution in [2.24, 2.45) is 11.8 Å². The second-order valence-corrected chi connectivity index (χ2v) is 7.53. The van der Waals surface area contributed by atoms with Crippen LogP contribution in [0.15, 0.2) is 24.3 Å². The van der Waals surface area contributed by atoms with Crippen molar-refractivity contribution in [3.63, 3.8) is 0 Å². The number of carbonyl (C=O) groups is 1. The van der Waals surface area contributed by atoms with Gasteiger partial charge >= 0.3 is 6.18 Å². The number of alkyl halides is 3. The van der Waals surface area contributed by atoms with Crippen LogP contribution in [0.1, 0.15) is 37.7 Å². The zero-order valence-electron chi connectivity index (χ0n) is 15.0. The van der Waals surface area contributed by atoms with E-state index >= 15 is 0 Å². The summed E-state index contributed by atoms with van der Waals surface area (Å²) in [5.74, 6) is 0.596. The summed E-state index contributed by atoms with van der Waals surface area (Å²) in [4.78, 5) is 15.8.